The van der Waals surface area contributed by atoms with Crippen molar-refractivity contribution in [3.05, 3.63) is 18.0 Å². The van der Waals surface area contributed by atoms with Crippen LogP contribution in [0.4, 0.5) is 5.69 Å². The van der Waals surface area contributed by atoms with Crippen LogP contribution in [0.3, 0.4) is 0 Å². The Labute approximate surface area is 95.5 Å². The third-order valence-electron chi connectivity index (χ3n) is 2.38. The third kappa shape index (κ3) is 2.76. The Balaban J connectivity index is 2.89. The number of anilines is 1. The molecule has 0 aromatic carbocycles. The predicted octanol–water partition coefficient (Wildman–Crippen LogP) is 0.545. The molecular formula is C11H19N3O2. The number of amides is 1. The molecule has 1 heterocycles. The van der Waals surface area contributed by atoms with Crippen molar-refractivity contribution in [2.75, 3.05) is 25.9 Å². The van der Waals surface area contributed by atoms with E-state index in [1.807, 2.05) is 11.5 Å². The largest absolute Gasteiger partial charge is 0.397 e. The first-order chi connectivity index (χ1) is 7.60. The van der Waals surface area contributed by atoms with Crippen LogP contribution >= 0.6 is 0 Å². The normalized spacial score (nSPS) is 10.4. The number of nitrogens with two attached hydrogens (primary N) is 1. The van der Waals surface area contributed by atoms with E-state index in [2.05, 4.69) is 0 Å². The number of aliphatic hydroxyl groups is 1. The molecule has 0 fully saturated rings. The van der Waals surface area contributed by atoms with Crippen molar-refractivity contribution in [3.8, 4) is 0 Å². The maximum atomic E-state index is 12.0. The fourth-order valence-electron chi connectivity index (χ4n) is 1.59. The predicted molar refractivity (Wildman–Crippen MR) is 63.2 cm³/mol. The lowest BCUT2D eigenvalue weighted by Gasteiger charge is -2.16. The molecule has 0 aliphatic carbocycles. The number of aromatic nitrogens is 1. The van der Waals surface area contributed by atoms with Gasteiger partial charge in [-0.3, -0.25) is 4.79 Å². The van der Waals surface area contributed by atoms with Gasteiger partial charge in [-0.15, -0.1) is 0 Å². The van der Waals surface area contributed by atoms with E-state index in [0.29, 0.717) is 17.9 Å². The highest BCUT2D eigenvalue weighted by Gasteiger charge is 2.16. The second kappa shape index (κ2) is 5.55. The van der Waals surface area contributed by atoms with Crippen LogP contribution in [-0.4, -0.2) is 40.7 Å². The molecule has 1 aromatic heterocycles. The Morgan fingerprint density at radius 1 is 1.62 bits per heavy atom. The topological polar surface area (TPSA) is 71.5 Å². The third-order valence-corrected chi connectivity index (χ3v) is 2.38. The van der Waals surface area contributed by atoms with Crippen LogP contribution in [0.5, 0.6) is 0 Å². The van der Waals surface area contributed by atoms with Crippen LogP contribution in [0.2, 0.25) is 0 Å². The Morgan fingerprint density at radius 3 is 2.88 bits per heavy atom. The van der Waals surface area contributed by atoms with Crippen LogP contribution in [0.25, 0.3) is 0 Å². The number of likely N-dealkylation sites (N-methyl/N-ethyl adjacent to an activating group) is 1. The molecule has 0 spiro atoms. The van der Waals surface area contributed by atoms with E-state index in [-0.39, 0.29) is 12.5 Å². The molecule has 16 heavy (non-hydrogen) atoms. The number of aliphatic hydroxyl groups excluding tert-OH is 1. The number of hydrogen-bond acceptors (Lipinski definition) is 3. The smallest absolute Gasteiger partial charge is 0.270 e. The van der Waals surface area contributed by atoms with Gasteiger partial charge in [-0.1, -0.05) is 6.92 Å². The first-order valence-corrected chi connectivity index (χ1v) is 5.42. The van der Waals surface area contributed by atoms with E-state index in [0.717, 1.165) is 13.0 Å². The van der Waals surface area contributed by atoms with Crippen LogP contribution < -0.4 is 5.73 Å². The SMILES string of the molecule is CCCn1cc(N)cc1C(=O)N(C)CCO. The lowest BCUT2D eigenvalue weighted by Crippen LogP contribution is -2.31. The lowest BCUT2D eigenvalue weighted by molar-refractivity contribution is 0.0756. The number of hydrogen-bond donors (Lipinski definition) is 2. The molecule has 0 saturated heterocycles. The van der Waals surface area contributed by atoms with Crippen molar-refractivity contribution in [1.29, 1.82) is 0 Å². The summed E-state index contributed by atoms with van der Waals surface area (Å²) in [6.45, 7) is 3.11. The van der Waals surface area contributed by atoms with Crippen molar-refractivity contribution < 1.29 is 9.90 Å². The molecule has 0 aliphatic rings. The molecule has 0 bridgehead atoms. The maximum absolute atomic E-state index is 12.0. The fourth-order valence-corrected chi connectivity index (χ4v) is 1.59. The monoisotopic (exact) mass is 225 g/mol. The van der Waals surface area contributed by atoms with Crippen LogP contribution in [0.15, 0.2) is 12.3 Å². The highest BCUT2D eigenvalue weighted by Crippen LogP contribution is 2.13. The van der Waals surface area contributed by atoms with Gasteiger partial charge in [-0.2, -0.15) is 0 Å². The number of nitrogens with zero attached hydrogens (tertiary/aromatic N) is 2. The van der Waals surface area contributed by atoms with E-state index >= 15 is 0 Å². The molecule has 5 nitrogen and oxygen atoms in total. The van der Waals surface area contributed by atoms with Crippen molar-refractivity contribution >= 4 is 11.6 Å². The van der Waals surface area contributed by atoms with E-state index in [1.165, 1.54) is 4.90 Å². The average molecular weight is 225 g/mol. The van der Waals surface area contributed by atoms with Crippen LogP contribution in [-0.2, 0) is 6.54 Å². The second-order valence-electron chi connectivity index (χ2n) is 3.80. The molecule has 0 atom stereocenters. The van der Waals surface area contributed by atoms with Gasteiger partial charge in [-0.05, 0) is 12.5 Å². The van der Waals surface area contributed by atoms with Crippen molar-refractivity contribution in [3.63, 3.8) is 0 Å². The van der Waals surface area contributed by atoms with Gasteiger partial charge >= 0.3 is 0 Å². The van der Waals surface area contributed by atoms with E-state index in [4.69, 9.17) is 10.8 Å². The van der Waals surface area contributed by atoms with Gasteiger partial charge in [-0.25, -0.2) is 0 Å². The summed E-state index contributed by atoms with van der Waals surface area (Å²) in [4.78, 5) is 13.5. The first-order valence-electron chi connectivity index (χ1n) is 5.42. The number of aryl methyl sites for hydroxylation is 1. The Bertz CT molecular complexity index is 360. The first kappa shape index (κ1) is 12.6. The summed E-state index contributed by atoms with van der Waals surface area (Å²) in [5.41, 5.74) is 6.85. The van der Waals surface area contributed by atoms with Gasteiger partial charge in [0, 0.05) is 26.3 Å². The van der Waals surface area contributed by atoms with Crippen LogP contribution in [0, 0.1) is 0 Å². The van der Waals surface area contributed by atoms with Gasteiger partial charge in [0.05, 0.1) is 12.3 Å². The Morgan fingerprint density at radius 2 is 2.31 bits per heavy atom. The zero-order chi connectivity index (χ0) is 12.1. The van der Waals surface area contributed by atoms with Crippen molar-refractivity contribution in [1.82, 2.24) is 9.47 Å². The molecule has 0 saturated carbocycles. The minimum absolute atomic E-state index is 0.0355. The number of carbonyl (C=O) groups is 1. The zero-order valence-electron chi connectivity index (χ0n) is 9.81. The van der Waals surface area contributed by atoms with Crippen molar-refractivity contribution in [2.45, 2.75) is 19.9 Å². The zero-order valence-corrected chi connectivity index (χ0v) is 9.81. The number of rotatable bonds is 5. The Hall–Kier alpha value is -1.49. The summed E-state index contributed by atoms with van der Waals surface area (Å²) >= 11 is 0. The van der Waals surface area contributed by atoms with Gasteiger partial charge in [0.15, 0.2) is 0 Å². The maximum Gasteiger partial charge on any atom is 0.270 e. The molecule has 0 radical (unpaired) electrons. The highest BCUT2D eigenvalue weighted by molar-refractivity contribution is 5.93. The lowest BCUT2D eigenvalue weighted by atomic mass is 10.3. The van der Waals surface area contributed by atoms with E-state index in [1.54, 1.807) is 19.3 Å². The van der Waals surface area contributed by atoms with Gasteiger partial charge in [0.2, 0.25) is 0 Å². The summed E-state index contributed by atoms with van der Waals surface area (Å²) in [5.74, 6) is -0.112. The standard InChI is InChI=1S/C11H19N3O2/c1-3-4-14-8-9(12)7-10(14)11(16)13(2)5-6-15/h7-8,15H,3-6,12H2,1-2H3. The quantitative estimate of drug-likeness (QED) is 0.768. The molecule has 5 heteroatoms. The molecule has 1 rings (SSSR count). The molecular weight excluding hydrogens is 206 g/mol. The number of carbonyl (C=O) groups excluding carboxylic acids is 1. The number of nitrogen functional groups attached to an aromatic ring is 1. The molecule has 1 aromatic rings. The van der Waals surface area contributed by atoms with Crippen LogP contribution in [0.1, 0.15) is 23.8 Å². The molecule has 0 aliphatic heterocycles. The minimum atomic E-state index is -0.112. The Kier molecular flexibility index (Phi) is 4.37. The summed E-state index contributed by atoms with van der Waals surface area (Å²) in [7, 11) is 1.66. The average Bonchev–Trinajstić information content (AvgIpc) is 2.59. The summed E-state index contributed by atoms with van der Waals surface area (Å²) in [6.07, 6.45) is 2.71. The van der Waals surface area contributed by atoms with Gasteiger partial charge < -0.3 is 20.3 Å². The fraction of sp³-hybridized carbons (Fsp3) is 0.545. The van der Waals surface area contributed by atoms with E-state index in [9.17, 15) is 4.79 Å². The summed E-state index contributed by atoms with van der Waals surface area (Å²) < 4.78 is 1.85. The van der Waals surface area contributed by atoms with Crippen molar-refractivity contribution in [2.24, 2.45) is 0 Å². The minimum Gasteiger partial charge on any atom is -0.397 e. The van der Waals surface area contributed by atoms with Gasteiger partial charge in [0.1, 0.15) is 5.69 Å². The molecule has 1 amide bonds. The van der Waals surface area contributed by atoms with E-state index < -0.39 is 0 Å². The molecule has 0 unspecified atom stereocenters. The van der Waals surface area contributed by atoms with Gasteiger partial charge in [0.25, 0.3) is 5.91 Å². The summed E-state index contributed by atoms with van der Waals surface area (Å²) in [5, 5.41) is 8.78. The molecule has 90 valence electrons. The highest BCUT2D eigenvalue weighted by atomic mass is 16.3. The molecule has 3 N–H and O–H groups in total. The summed E-state index contributed by atoms with van der Waals surface area (Å²) in [6, 6.07) is 1.67. The second-order valence-corrected chi connectivity index (χ2v) is 3.80.